The van der Waals surface area contributed by atoms with Gasteiger partial charge >= 0.3 is 5.97 Å². The van der Waals surface area contributed by atoms with Crippen LogP contribution in [0.3, 0.4) is 0 Å². The standard InChI is InChI=1S/C13H13BrN2O5/c14-10-4-3-9(7-11(10)16(19)20)13(18)21-8-12(17)15-5-1-2-6-15/h3-4,7H,1-2,5-6,8H2. The molecule has 0 atom stereocenters. The summed E-state index contributed by atoms with van der Waals surface area (Å²) in [6.45, 7) is 1.02. The molecule has 0 N–H and O–H groups in total. The highest BCUT2D eigenvalue weighted by molar-refractivity contribution is 9.10. The van der Waals surface area contributed by atoms with Gasteiger partial charge in [-0.05, 0) is 40.9 Å². The number of hydrogen-bond acceptors (Lipinski definition) is 5. The van der Waals surface area contributed by atoms with E-state index < -0.39 is 10.9 Å². The molecule has 1 amide bonds. The number of hydrogen-bond donors (Lipinski definition) is 0. The van der Waals surface area contributed by atoms with E-state index in [0.29, 0.717) is 13.1 Å². The maximum atomic E-state index is 11.8. The van der Waals surface area contributed by atoms with Gasteiger partial charge in [-0.2, -0.15) is 0 Å². The first-order chi connectivity index (χ1) is 9.99. The minimum absolute atomic E-state index is 0.0409. The molecule has 8 heteroatoms. The van der Waals surface area contributed by atoms with Crippen molar-refractivity contribution in [1.82, 2.24) is 4.90 Å². The van der Waals surface area contributed by atoms with Crippen molar-refractivity contribution in [2.24, 2.45) is 0 Å². The molecule has 7 nitrogen and oxygen atoms in total. The number of nitro benzene ring substituents is 1. The monoisotopic (exact) mass is 356 g/mol. The zero-order valence-electron chi connectivity index (χ0n) is 11.1. The fourth-order valence-corrected chi connectivity index (χ4v) is 2.44. The summed E-state index contributed by atoms with van der Waals surface area (Å²) in [5.74, 6) is -0.995. The number of esters is 1. The Labute approximate surface area is 129 Å². The number of benzene rings is 1. The van der Waals surface area contributed by atoms with Crippen molar-refractivity contribution >= 4 is 33.5 Å². The van der Waals surface area contributed by atoms with Gasteiger partial charge in [-0.1, -0.05) is 0 Å². The molecule has 0 radical (unpaired) electrons. The average molecular weight is 357 g/mol. The maximum Gasteiger partial charge on any atom is 0.338 e. The van der Waals surface area contributed by atoms with Crippen LogP contribution in [0.15, 0.2) is 22.7 Å². The van der Waals surface area contributed by atoms with E-state index in [1.807, 2.05) is 0 Å². The van der Waals surface area contributed by atoms with E-state index in [-0.39, 0.29) is 28.2 Å². The quantitative estimate of drug-likeness (QED) is 0.468. The normalized spacial score (nSPS) is 14.0. The van der Waals surface area contributed by atoms with Crippen LogP contribution in [0.1, 0.15) is 23.2 Å². The largest absolute Gasteiger partial charge is 0.452 e. The third-order valence-electron chi connectivity index (χ3n) is 3.16. The molecule has 21 heavy (non-hydrogen) atoms. The predicted octanol–water partition coefficient (Wildman–Crippen LogP) is 2.14. The third kappa shape index (κ3) is 3.78. The number of likely N-dealkylation sites (tertiary alicyclic amines) is 1. The summed E-state index contributed by atoms with van der Waals surface area (Å²) in [6, 6.07) is 3.92. The third-order valence-corrected chi connectivity index (χ3v) is 3.83. The molecule has 0 saturated carbocycles. The minimum atomic E-state index is -0.752. The van der Waals surface area contributed by atoms with Gasteiger partial charge in [0.05, 0.1) is 15.0 Å². The van der Waals surface area contributed by atoms with Gasteiger partial charge < -0.3 is 9.64 Å². The second-order valence-corrected chi connectivity index (χ2v) is 5.44. The van der Waals surface area contributed by atoms with Crippen molar-refractivity contribution in [3.63, 3.8) is 0 Å². The van der Waals surface area contributed by atoms with Crippen LogP contribution in [0, 0.1) is 10.1 Å². The predicted molar refractivity (Wildman–Crippen MR) is 76.9 cm³/mol. The Balaban J connectivity index is 1.98. The summed E-state index contributed by atoms with van der Waals surface area (Å²) in [5, 5.41) is 10.8. The molecule has 0 spiro atoms. The van der Waals surface area contributed by atoms with Crippen LogP contribution in [-0.4, -0.2) is 41.4 Å². The fraction of sp³-hybridized carbons (Fsp3) is 0.385. The van der Waals surface area contributed by atoms with Crippen LogP contribution in [0.5, 0.6) is 0 Å². The average Bonchev–Trinajstić information content (AvgIpc) is 2.98. The molecular formula is C13H13BrN2O5. The molecule has 1 aliphatic heterocycles. The molecule has 1 fully saturated rings. The van der Waals surface area contributed by atoms with Crippen molar-refractivity contribution in [2.45, 2.75) is 12.8 Å². The van der Waals surface area contributed by atoms with Crippen LogP contribution >= 0.6 is 15.9 Å². The van der Waals surface area contributed by atoms with Gasteiger partial charge in [0.1, 0.15) is 0 Å². The topological polar surface area (TPSA) is 89.8 Å². The Hall–Kier alpha value is -1.96. The molecule has 0 aromatic heterocycles. The zero-order chi connectivity index (χ0) is 15.4. The van der Waals surface area contributed by atoms with Gasteiger partial charge in [-0.25, -0.2) is 4.79 Å². The summed E-state index contributed by atoms with van der Waals surface area (Å²) in [7, 11) is 0. The first kappa shape index (κ1) is 15.4. The summed E-state index contributed by atoms with van der Waals surface area (Å²) < 4.78 is 5.18. The Morgan fingerprint density at radius 1 is 1.33 bits per heavy atom. The van der Waals surface area contributed by atoms with E-state index in [4.69, 9.17) is 4.74 Å². The van der Waals surface area contributed by atoms with Crippen LogP contribution in [0.25, 0.3) is 0 Å². The van der Waals surface area contributed by atoms with E-state index in [2.05, 4.69) is 15.9 Å². The second-order valence-electron chi connectivity index (χ2n) is 4.59. The first-order valence-electron chi connectivity index (χ1n) is 6.38. The molecule has 0 unspecified atom stereocenters. The Kier molecular flexibility index (Phi) is 4.89. The lowest BCUT2D eigenvalue weighted by molar-refractivity contribution is -0.385. The molecule has 1 heterocycles. The lowest BCUT2D eigenvalue weighted by Gasteiger charge is -2.14. The number of carbonyl (C=O) groups is 2. The van der Waals surface area contributed by atoms with E-state index in [1.165, 1.54) is 12.1 Å². The number of rotatable bonds is 4. The lowest BCUT2D eigenvalue weighted by Crippen LogP contribution is -2.32. The fourth-order valence-electron chi connectivity index (χ4n) is 2.05. The SMILES string of the molecule is O=C(OCC(=O)N1CCCC1)c1ccc(Br)c([N+](=O)[O-])c1. The molecule has 2 rings (SSSR count). The van der Waals surface area contributed by atoms with Crippen molar-refractivity contribution in [1.29, 1.82) is 0 Å². The van der Waals surface area contributed by atoms with E-state index in [1.54, 1.807) is 4.90 Å². The van der Waals surface area contributed by atoms with E-state index >= 15 is 0 Å². The Bertz CT molecular complexity index is 584. The van der Waals surface area contributed by atoms with Gasteiger partial charge in [0, 0.05) is 19.2 Å². The minimum Gasteiger partial charge on any atom is -0.452 e. The first-order valence-corrected chi connectivity index (χ1v) is 7.17. The highest BCUT2D eigenvalue weighted by Crippen LogP contribution is 2.25. The highest BCUT2D eigenvalue weighted by Gasteiger charge is 2.21. The smallest absolute Gasteiger partial charge is 0.338 e. The van der Waals surface area contributed by atoms with Crippen LogP contribution in [0.4, 0.5) is 5.69 Å². The van der Waals surface area contributed by atoms with Crippen molar-refractivity contribution < 1.29 is 19.2 Å². The van der Waals surface area contributed by atoms with Gasteiger partial charge in [-0.3, -0.25) is 14.9 Å². The second kappa shape index (κ2) is 6.66. The van der Waals surface area contributed by atoms with Crippen molar-refractivity contribution in [2.75, 3.05) is 19.7 Å². The number of amides is 1. The lowest BCUT2D eigenvalue weighted by atomic mass is 10.2. The van der Waals surface area contributed by atoms with Crippen LogP contribution < -0.4 is 0 Å². The molecule has 1 aliphatic rings. The zero-order valence-corrected chi connectivity index (χ0v) is 12.7. The van der Waals surface area contributed by atoms with E-state index in [9.17, 15) is 19.7 Å². The molecule has 112 valence electrons. The van der Waals surface area contributed by atoms with Crippen LogP contribution in [-0.2, 0) is 9.53 Å². The molecular weight excluding hydrogens is 344 g/mol. The molecule has 0 bridgehead atoms. The maximum absolute atomic E-state index is 11.8. The van der Waals surface area contributed by atoms with Crippen molar-refractivity contribution in [3.05, 3.63) is 38.3 Å². The molecule has 1 saturated heterocycles. The van der Waals surface area contributed by atoms with Crippen molar-refractivity contribution in [3.8, 4) is 0 Å². The summed E-state index contributed by atoms with van der Waals surface area (Å²) >= 11 is 3.03. The summed E-state index contributed by atoms with van der Waals surface area (Å²) in [5.41, 5.74) is -0.186. The summed E-state index contributed by atoms with van der Waals surface area (Å²) in [6.07, 6.45) is 1.91. The van der Waals surface area contributed by atoms with Crippen LogP contribution in [0.2, 0.25) is 0 Å². The van der Waals surface area contributed by atoms with Gasteiger partial charge in [0.25, 0.3) is 11.6 Å². The molecule has 0 aliphatic carbocycles. The van der Waals surface area contributed by atoms with E-state index in [0.717, 1.165) is 18.9 Å². The number of carbonyl (C=O) groups excluding carboxylic acids is 2. The number of halogens is 1. The summed E-state index contributed by atoms with van der Waals surface area (Å²) in [4.78, 5) is 35.4. The number of nitrogens with zero attached hydrogens (tertiary/aromatic N) is 2. The molecule has 1 aromatic carbocycles. The van der Waals surface area contributed by atoms with Gasteiger partial charge in [-0.15, -0.1) is 0 Å². The van der Waals surface area contributed by atoms with Gasteiger partial charge in [0.2, 0.25) is 0 Å². The molecule has 1 aromatic rings. The Morgan fingerprint density at radius 3 is 2.62 bits per heavy atom. The Morgan fingerprint density at radius 2 is 2.00 bits per heavy atom. The highest BCUT2D eigenvalue weighted by atomic mass is 79.9. The number of nitro groups is 1. The van der Waals surface area contributed by atoms with Gasteiger partial charge in [0.15, 0.2) is 6.61 Å². The number of ether oxygens (including phenoxy) is 1.